The molecule has 0 N–H and O–H groups in total. The SMILES string of the molecule is C1=CC(c2ccc3ccc4c(-c5ccc(-c6ccc7ccccc7c6)cc5)ccc5ccc2c3c54)CC=C1c1ccc2ccccc2c1. The fraction of sp³-hybridized carbons (Fsp3) is 0.0417. The van der Waals surface area contributed by atoms with Gasteiger partial charge in [0.05, 0.1) is 0 Å². The molecule has 0 amide bonds. The van der Waals surface area contributed by atoms with Gasteiger partial charge in [-0.2, -0.15) is 0 Å². The van der Waals surface area contributed by atoms with E-state index < -0.39 is 0 Å². The van der Waals surface area contributed by atoms with Gasteiger partial charge < -0.3 is 0 Å². The second kappa shape index (κ2) is 10.8. The van der Waals surface area contributed by atoms with Crippen molar-refractivity contribution >= 4 is 59.4 Å². The van der Waals surface area contributed by atoms with Crippen molar-refractivity contribution in [3.05, 3.63) is 187 Å². The Morgan fingerprint density at radius 1 is 0.396 bits per heavy atom. The van der Waals surface area contributed by atoms with Crippen molar-refractivity contribution in [2.75, 3.05) is 0 Å². The number of fused-ring (bicyclic) bond motifs is 2. The lowest BCUT2D eigenvalue weighted by Gasteiger charge is -2.21. The van der Waals surface area contributed by atoms with Crippen LogP contribution in [0, 0.1) is 0 Å². The summed E-state index contributed by atoms with van der Waals surface area (Å²) in [6.45, 7) is 0. The van der Waals surface area contributed by atoms with Crippen LogP contribution in [0.5, 0.6) is 0 Å². The Kier molecular flexibility index (Phi) is 6.11. The first-order valence-electron chi connectivity index (χ1n) is 16.9. The van der Waals surface area contributed by atoms with Crippen LogP contribution < -0.4 is 0 Å². The largest absolute Gasteiger partial charge is 0.0761 e. The van der Waals surface area contributed by atoms with Crippen LogP contribution in [0.1, 0.15) is 23.5 Å². The molecule has 0 heterocycles. The van der Waals surface area contributed by atoms with Crippen molar-refractivity contribution in [1.82, 2.24) is 0 Å². The molecule has 0 saturated heterocycles. The van der Waals surface area contributed by atoms with Crippen LogP contribution in [0.3, 0.4) is 0 Å². The molecule has 0 spiro atoms. The molecule has 0 aromatic heterocycles. The zero-order valence-corrected chi connectivity index (χ0v) is 26.5. The lowest BCUT2D eigenvalue weighted by Crippen LogP contribution is -2.00. The Balaban J connectivity index is 1.02. The van der Waals surface area contributed by atoms with Crippen molar-refractivity contribution in [3.8, 4) is 22.3 Å². The molecule has 0 bridgehead atoms. The highest BCUT2D eigenvalue weighted by Gasteiger charge is 2.19. The molecule has 48 heavy (non-hydrogen) atoms. The zero-order chi connectivity index (χ0) is 31.6. The van der Waals surface area contributed by atoms with E-state index in [9.17, 15) is 0 Å². The minimum Gasteiger partial charge on any atom is -0.0761 e. The predicted molar refractivity (Wildman–Crippen MR) is 207 cm³/mol. The van der Waals surface area contributed by atoms with Gasteiger partial charge in [0, 0.05) is 5.92 Å². The van der Waals surface area contributed by atoms with E-state index in [0.717, 1.165) is 6.42 Å². The zero-order valence-electron chi connectivity index (χ0n) is 26.5. The van der Waals surface area contributed by atoms with E-state index in [2.05, 4.69) is 176 Å². The first-order valence-corrected chi connectivity index (χ1v) is 16.9. The highest BCUT2D eigenvalue weighted by atomic mass is 14.2. The van der Waals surface area contributed by atoms with E-state index in [1.165, 1.54) is 92.8 Å². The van der Waals surface area contributed by atoms with Crippen LogP contribution in [0.4, 0.5) is 0 Å². The monoisotopic (exact) mass is 608 g/mol. The molecular formula is C48H32. The van der Waals surface area contributed by atoms with E-state index >= 15 is 0 Å². The summed E-state index contributed by atoms with van der Waals surface area (Å²) in [5.41, 5.74) is 9.03. The van der Waals surface area contributed by atoms with Crippen LogP contribution in [0.15, 0.2) is 176 Å². The highest BCUT2D eigenvalue weighted by Crippen LogP contribution is 2.43. The molecule has 0 saturated carbocycles. The lowest BCUT2D eigenvalue weighted by atomic mass is 9.82. The van der Waals surface area contributed by atoms with Gasteiger partial charge >= 0.3 is 0 Å². The molecule has 1 atom stereocenters. The molecule has 9 aromatic carbocycles. The van der Waals surface area contributed by atoms with Crippen molar-refractivity contribution in [2.24, 2.45) is 0 Å². The number of benzene rings is 9. The highest BCUT2D eigenvalue weighted by molar-refractivity contribution is 6.26. The van der Waals surface area contributed by atoms with Gasteiger partial charge in [-0.3, -0.25) is 0 Å². The third kappa shape index (κ3) is 4.37. The summed E-state index contributed by atoms with van der Waals surface area (Å²) >= 11 is 0. The second-order valence-electron chi connectivity index (χ2n) is 13.3. The fourth-order valence-corrected chi connectivity index (χ4v) is 8.04. The fourth-order valence-electron chi connectivity index (χ4n) is 8.04. The van der Waals surface area contributed by atoms with E-state index in [1.807, 2.05) is 0 Å². The first-order chi connectivity index (χ1) is 23.8. The van der Waals surface area contributed by atoms with Gasteiger partial charge in [-0.1, -0.05) is 164 Å². The summed E-state index contributed by atoms with van der Waals surface area (Å²) in [6.07, 6.45) is 8.17. The summed E-state index contributed by atoms with van der Waals surface area (Å²) in [4.78, 5) is 0. The van der Waals surface area contributed by atoms with Crippen LogP contribution in [0.25, 0.3) is 81.7 Å². The summed E-state index contributed by atoms with van der Waals surface area (Å²) in [7, 11) is 0. The molecule has 224 valence electrons. The molecule has 10 rings (SSSR count). The Labute approximate surface area is 280 Å². The molecule has 0 heteroatoms. The van der Waals surface area contributed by atoms with Gasteiger partial charge in [0.1, 0.15) is 0 Å². The number of allylic oxidation sites excluding steroid dienone is 4. The summed E-state index contributed by atoms with van der Waals surface area (Å²) in [5, 5.41) is 13.2. The first kappa shape index (κ1) is 27.2. The smallest absolute Gasteiger partial charge is 0.00623 e. The Bertz CT molecular complexity index is 2740. The molecule has 1 unspecified atom stereocenters. The van der Waals surface area contributed by atoms with E-state index in [-0.39, 0.29) is 0 Å². The van der Waals surface area contributed by atoms with Crippen molar-refractivity contribution in [2.45, 2.75) is 12.3 Å². The van der Waals surface area contributed by atoms with Crippen LogP contribution >= 0.6 is 0 Å². The maximum Gasteiger partial charge on any atom is 0.00623 e. The second-order valence-corrected chi connectivity index (χ2v) is 13.3. The molecule has 0 nitrogen and oxygen atoms in total. The maximum atomic E-state index is 2.42. The summed E-state index contributed by atoms with van der Waals surface area (Å²) in [6, 6.07) is 58.4. The minimum atomic E-state index is 0.348. The number of hydrogen-bond acceptors (Lipinski definition) is 0. The van der Waals surface area contributed by atoms with Crippen LogP contribution in [-0.4, -0.2) is 0 Å². The van der Waals surface area contributed by atoms with Gasteiger partial charge in [-0.05, 0) is 111 Å². The normalized spacial score (nSPS) is 14.8. The molecular weight excluding hydrogens is 577 g/mol. The average molecular weight is 609 g/mol. The minimum absolute atomic E-state index is 0.348. The third-order valence-corrected chi connectivity index (χ3v) is 10.6. The standard InChI is InChI=1S/C48H32/c1-3-7-39-29-41(19-13-31(39)5-1)33-9-15-35(16-10-33)43-25-21-37-24-28-46-44(26-22-38-23-27-45(43)47(37)48(38)46)36-17-11-34(12-18-36)42-20-14-32-6-2-4-8-40(32)30-42/h1-17,19-30,36H,18H2. The predicted octanol–water partition coefficient (Wildman–Crippen LogP) is 13.4. The Morgan fingerprint density at radius 2 is 0.938 bits per heavy atom. The van der Waals surface area contributed by atoms with Crippen molar-refractivity contribution in [3.63, 3.8) is 0 Å². The van der Waals surface area contributed by atoms with E-state index in [0.29, 0.717) is 5.92 Å². The van der Waals surface area contributed by atoms with Crippen molar-refractivity contribution in [1.29, 1.82) is 0 Å². The number of rotatable bonds is 4. The van der Waals surface area contributed by atoms with Crippen LogP contribution in [-0.2, 0) is 0 Å². The quantitative estimate of drug-likeness (QED) is 0.174. The molecule has 0 aliphatic heterocycles. The topological polar surface area (TPSA) is 0 Å². The molecule has 0 radical (unpaired) electrons. The van der Waals surface area contributed by atoms with E-state index in [1.54, 1.807) is 0 Å². The maximum absolute atomic E-state index is 2.42. The van der Waals surface area contributed by atoms with Gasteiger partial charge in [0.15, 0.2) is 0 Å². The number of hydrogen-bond donors (Lipinski definition) is 0. The Hall–Kier alpha value is -5.98. The van der Waals surface area contributed by atoms with Crippen LogP contribution in [0.2, 0.25) is 0 Å². The van der Waals surface area contributed by atoms with E-state index in [4.69, 9.17) is 0 Å². The molecule has 1 aliphatic rings. The Morgan fingerprint density at radius 3 is 1.65 bits per heavy atom. The van der Waals surface area contributed by atoms with Gasteiger partial charge in [0.2, 0.25) is 0 Å². The van der Waals surface area contributed by atoms with Crippen molar-refractivity contribution < 1.29 is 0 Å². The van der Waals surface area contributed by atoms with Gasteiger partial charge in [-0.25, -0.2) is 0 Å². The average Bonchev–Trinajstić information content (AvgIpc) is 3.16. The third-order valence-electron chi connectivity index (χ3n) is 10.6. The van der Waals surface area contributed by atoms with Gasteiger partial charge in [-0.15, -0.1) is 0 Å². The lowest BCUT2D eigenvalue weighted by molar-refractivity contribution is 0.865. The molecule has 0 fully saturated rings. The molecule has 9 aromatic rings. The summed E-state index contributed by atoms with van der Waals surface area (Å²) < 4.78 is 0. The van der Waals surface area contributed by atoms with Gasteiger partial charge in [0.25, 0.3) is 0 Å². The molecule has 1 aliphatic carbocycles. The summed E-state index contributed by atoms with van der Waals surface area (Å²) in [5.74, 6) is 0.348.